The minimum atomic E-state index is -0.122. The molecule has 0 aliphatic heterocycles. The van der Waals surface area contributed by atoms with Crippen LogP contribution in [0, 0.1) is 0 Å². The minimum Gasteiger partial charge on any atom is -0.377 e. The zero-order valence-corrected chi connectivity index (χ0v) is 12.0. The first-order valence-electron chi connectivity index (χ1n) is 6.96. The second kappa shape index (κ2) is 7.40. The molecule has 2 rings (SSSR count). The third kappa shape index (κ3) is 4.57. The van der Waals surface area contributed by atoms with Gasteiger partial charge in [-0.05, 0) is 24.6 Å². The van der Waals surface area contributed by atoms with Gasteiger partial charge in [0.15, 0.2) is 0 Å². The summed E-state index contributed by atoms with van der Waals surface area (Å²) >= 11 is 0. The Bertz CT molecular complexity index is 569. The van der Waals surface area contributed by atoms with Crippen molar-refractivity contribution < 1.29 is 4.79 Å². The molecule has 4 N–H and O–H groups in total. The van der Waals surface area contributed by atoms with Crippen molar-refractivity contribution in [2.24, 2.45) is 5.73 Å². The van der Waals surface area contributed by atoms with Gasteiger partial charge >= 0.3 is 0 Å². The molecule has 1 unspecified atom stereocenters. The smallest absolute Gasteiger partial charge is 0.226 e. The van der Waals surface area contributed by atoms with Crippen LogP contribution in [0.4, 0.5) is 11.5 Å². The third-order valence-electron chi connectivity index (χ3n) is 3.09. The van der Waals surface area contributed by atoms with Gasteiger partial charge < -0.3 is 16.4 Å². The molecule has 0 bridgehead atoms. The number of hydrogen-bond donors (Lipinski definition) is 3. The Morgan fingerprint density at radius 2 is 2.00 bits per heavy atom. The highest BCUT2D eigenvalue weighted by Gasteiger charge is 2.06. The number of anilines is 2. The van der Waals surface area contributed by atoms with Gasteiger partial charge in [0.2, 0.25) is 5.91 Å². The molecule has 110 valence electrons. The van der Waals surface area contributed by atoms with E-state index >= 15 is 0 Å². The standard InChI is InChI=1S/C16H20N4O/c1-12(13-5-3-2-4-6-13)19-14-7-8-15(18-11-14)20-16(21)9-10-17/h2-8,11-12,19H,9-10,17H2,1H3,(H,18,20,21). The van der Waals surface area contributed by atoms with E-state index in [1.165, 1.54) is 5.56 Å². The SMILES string of the molecule is CC(Nc1ccc(NC(=O)CCN)nc1)c1ccccc1. The summed E-state index contributed by atoms with van der Waals surface area (Å²) in [6.07, 6.45) is 2.00. The lowest BCUT2D eigenvalue weighted by atomic mass is 10.1. The molecule has 1 amide bonds. The van der Waals surface area contributed by atoms with E-state index in [1.807, 2.05) is 24.3 Å². The summed E-state index contributed by atoms with van der Waals surface area (Å²) in [6.45, 7) is 2.42. The Labute approximate surface area is 124 Å². The second-order valence-corrected chi connectivity index (χ2v) is 4.80. The fourth-order valence-corrected chi connectivity index (χ4v) is 1.96. The van der Waals surface area contributed by atoms with Crippen LogP contribution in [0.25, 0.3) is 0 Å². The molecule has 0 saturated carbocycles. The maximum Gasteiger partial charge on any atom is 0.226 e. The Morgan fingerprint density at radius 1 is 1.24 bits per heavy atom. The van der Waals surface area contributed by atoms with Crippen LogP contribution in [0.1, 0.15) is 24.9 Å². The molecular formula is C16H20N4O. The van der Waals surface area contributed by atoms with Gasteiger partial charge in [0, 0.05) is 19.0 Å². The number of pyridine rings is 1. The van der Waals surface area contributed by atoms with Crippen molar-refractivity contribution in [3.05, 3.63) is 54.2 Å². The lowest BCUT2D eigenvalue weighted by Crippen LogP contribution is -2.16. The number of carbonyl (C=O) groups is 1. The van der Waals surface area contributed by atoms with Gasteiger partial charge in [-0.25, -0.2) is 4.98 Å². The van der Waals surface area contributed by atoms with E-state index in [9.17, 15) is 4.79 Å². The first kappa shape index (κ1) is 15.0. The highest BCUT2D eigenvalue weighted by atomic mass is 16.1. The molecule has 1 heterocycles. The van der Waals surface area contributed by atoms with E-state index in [1.54, 1.807) is 12.3 Å². The van der Waals surface area contributed by atoms with E-state index in [-0.39, 0.29) is 11.9 Å². The van der Waals surface area contributed by atoms with Crippen molar-refractivity contribution in [3.8, 4) is 0 Å². The van der Waals surface area contributed by atoms with Gasteiger partial charge in [-0.1, -0.05) is 30.3 Å². The molecule has 5 heteroatoms. The van der Waals surface area contributed by atoms with Crippen molar-refractivity contribution in [2.45, 2.75) is 19.4 Å². The zero-order chi connectivity index (χ0) is 15.1. The molecule has 1 aromatic heterocycles. The van der Waals surface area contributed by atoms with Gasteiger partial charge in [0.05, 0.1) is 11.9 Å². The average Bonchev–Trinajstić information content (AvgIpc) is 2.50. The summed E-state index contributed by atoms with van der Waals surface area (Å²) in [4.78, 5) is 15.6. The van der Waals surface area contributed by atoms with Crippen LogP contribution in [0.5, 0.6) is 0 Å². The topological polar surface area (TPSA) is 80.0 Å². The molecule has 5 nitrogen and oxygen atoms in total. The molecule has 1 atom stereocenters. The fourth-order valence-electron chi connectivity index (χ4n) is 1.96. The number of benzene rings is 1. The molecule has 0 radical (unpaired) electrons. The number of hydrogen-bond acceptors (Lipinski definition) is 4. The maximum absolute atomic E-state index is 11.4. The number of nitrogens with zero attached hydrogens (tertiary/aromatic N) is 1. The Hall–Kier alpha value is -2.40. The molecule has 0 fully saturated rings. The van der Waals surface area contributed by atoms with E-state index in [0.717, 1.165) is 5.69 Å². The average molecular weight is 284 g/mol. The number of aromatic nitrogens is 1. The number of nitrogens with two attached hydrogens (primary N) is 1. The minimum absolute atomic E-state index is 0.122. The van der Waals surface area contributed by atoms with Crippen molar-refractivity contribution in [3.63, 3.8) is 0 Å². The zero-order valence-electron chi connectivity index (χ0n) is 12.0. The molecule has 0 spiro atoms. The number of amides is 1. The lowest BCUT2D eigenvalue weighted by Gasteiger charge is -2.15. The normalized spacial score (nSPS) is 11.7. The summed E-state index contributed by atoms with van der Waals surface area (Å²) in [7, 11) is 0. The molecule has 1 aromatic carbocycles. The lowest BCUT2D eigenvalue weighted by molar-refractivity contribution is -0.116. The summed E-state index contributed by atoms with van der Waals surface area (Å²) < 4.78 is 0. The Balaban J connectivity index is 1.95. The van der Waals surface area contributed by atoms with E-state index in [0.29, 0.717) is 18.8 Å². The molecular weight excluding hydrogens is 264 g/mol. The van der Waals surface area contributed by atoms with Crippen molar-refractivity contribution in [1.29, 1.82) is 0 Å². The van der Waals surface area contributed by atoms with Crippen LogP contribution in [-0.2, 0) is 4.79 Å². The van der Waals surface area contributed by atoms with Gasteiger partial charge in [-0.15, -0.1) is 0 Å². The molecule has 2 aromatic rings. The summed E-state index contributed by atoms with van der Waals surface area (Å²) in [5.41, 5.74) is 7.44. The molecule has 0 aliphatic carbocycles. The second-order valence-electron chi connectivity index (χ2n) is 4.80. The number of rotatable bonds is 6. The van der Waals surface area contributed by atoms with Crippen LogP contribution in [0.2, 0.25) is 0 Å². The number of nitrogens with one attached hydrogen (secondary N) is 2. The summed E-state index contributed by atoms with van der Waals surface area (Å²) in [6, 6.07) is 14.0. The molecule has 21 heavy (non-hydrogen) atoms. The van der Waals surface area contributed by atoms with Crippen LogP contribution in [0.15, 0.2) is 48.7 Å². The van der Waals surface area contributed by atoms with Gasteiger partial charge in [-0.3, -0.25) is 4.79 Å². The van der Waals surface area contributed by atoms with Crippen molar-refractivity contribution in [2.75, 3.05) is 17.2 Å². The predicted octanol–water partition coefficient (Wildman–Crippen LogP) is 2.54. The first-order valence-corrected chi connectivity index (χ1v) is 6.96. The summed E-state index contributed by atoms with van der Waals surface area (Å²) in [5.74, 6) is 0.412. The maximum atomic E-state index is 11.4. The van der Waals surface area contributed by atoms with Crippen LogP contribution in [-0.4, -0.2) is 17.4 Å². The highest BCUT2D eigenvalue weighted by molar-refractivity contribution is 5.89. The van der Waals surface area contributed by atoms with Crippen LogP contribution >= 0.6 is 0 Å². The highest BCUT2D eigenvalue weighted by Crippen LogP contribution is 2.19. The fraction of sp³-hybridized carbons (Fsp3) is 0.250. The Kier molecular flexibility index (Phi) is 5.29. The number of carbonyl (C=O) groups excluding carboxylic acids is 1. The van der Waals surface area contributed by atoms with E-state index < -0.39 is 0 Å². The van der Waals surface area contributed by atoms with Crippen molar-refractivity contribution in [1.82, 2.24) is 4.98 Å². The van der Waals surface area contributed by atoms with Crippen LogP contribution in [0.3, 0.4) is 0 Å². The van der Waals surface area contributed by atoms with Crippen LogP contribution < -0.4 is 16.4 Å². The summed E-state index contributed by atoms with van der Waals surface area (Å²) in [5, 5.41) is 6.07. The first-order chi connectivity index (χ1) is 10.2. The van der Waals surface area contributed by atoms with Crippen molar-refractivity contribution >= 4 is 17.4 Å². The van der Waals surface area contributed by atoms with E-state index in [2.05, 4.69) is 34.7 Å². The van der Waals surface area contributed by atoms with E-state index in [4.69, 9.17) is 5.73 Å². The van der Waals surface area contributed by atoms with Gasteiger partial charge in [0.1, 0.15) is 5.82 Å². The van der Waals surface area contributed by atoms with Gasteiger partial charge in [0.25, 0.3) is 0 Å². The largest absolute Gasteiger partial charge is 0.377 e. The Morgan fingerprint density at radius 3 is 2.62 bits per heavy atom. The molecule has 0 saturated heterocycles. The monoisotopic (exact) mass is 284 g/mol. The third-order valence-corrected chi connectivity index (χ3v) is 3.09. The quantitative estimate of drug-likeness (QED) is 0.761. The predicted molar refractivity (Wildman–Crippen MR) is 85.0 cm³/mol. The molecule has 0 aliphatic rings. The van der Waals surface area contributed by atoms with Gasteiger partial charge in [-0.2, -0.15) is 0 Å².